The summed E-state index contributed by atoms with van der Waals surface area (Å²) in [6.45, 7) is 6.08. The molecule has 2 heteroatoms. The minimum atomic E-state index is -0.166. The zero-order chi connectivity index (χ0) is 14.5. The molecule has 0 aliphatic carbocycles. The Morgan fingerprint density at radius 3 is 2.45 bits per heavy atom. The zero-order valence-electron chi connectivity index (χ0n) is 12.4. The predicted molar refractivity (Wildman–Crippen MR) is 83.6 cm³/mol. The van der Waals surface area contributed by atoms with Crippen LogP contribution < -0.4 is 5.32 Å². The van der Waals surface area contributed by atoms with E-state index in [0.717, 1.165) is 18.5 Å². The molecule has 1 atom stereocenters. The summed E-state index contributed by atoms with van der Waals surface area (Å²) < 4.78 is 13.5. The third-order valence-corrected chi connectivity index (χ3v) is 3.66. The first kappa shape index (κ1) is 14.6. The van der Waals surface area contributed by atoms with Crippen molar-refractivity contribution in [3.8, 4) is 0 Å². The van der Waals surface area contributed by atoms with Crippen molar-refractivity contribution in [3.63, 3.8) is 0 Å². The summed E-state index contributed by atoms with van der Waals surface area (Å²) in [5.41, 5.74) is 4.11. The molecule has 2 rings (SSSR count). The molecule has 0 saturated heterocycles. The van der Waals surface area contributed by atoms with Gasteiger partial charge in [0.2, 0.25) is 0 Å². The third-order valence-electron chi connectivity index (χ3n) is 3.66. The summed E-state index contributed by atoms with van der Waals surface area (Å²) in [7, 11) is 0. The van der Waals surface area contributed by atoms with Crippen LogP contribution in [-0.4, -0.2) is 0 Å². The van der Waals surface area contributed by atoms with Crippen LogP contribution in [0.25, 0.3) is 0 Å². The number of aryl methyl sites for hydroxylation is 1. The molecule has 2 aromatic carbocycles. The highest BCUT2D eigenvalue weighted by Crippen LogP contribution is 2.24. The van der Waals surface area contributed by atoms with Crippen LogP contribution in [0.3, 0.4) is 0 Å². The van der Waals surface area contributed by atoms with Crippen molar-refractivity contribution in [1.82, 2.24) is 0 Å². The van der Waals surface area contributed by atoms with Crippen LogP contribution in [0.5, 0.6) is 0 Å². The van der Waals surface area contributed by atoms with E-state index in [1.54, 1.807) is 13.0 Å². The van der Waals surface area contributed by atoms with Gasteiger partial charge in [-0.25, -0.2) is 4.39 Å². The average molecular weight is 271 g/mol. The Morgan fingerprint density at radius 1 is 1.10 bits per heavy atom. The van der Waals surface area contributed by atoms with E-state index in [-0.39, 0.29) is 11.9 Å². The lowest BCUT2D eigenvalue weighted by Gasteiger charge is -2.18. The van der Waals surface area contributed by atoms with Gasteiger partial charge < -0.3 is 5.32 Å². The number of anilines is 1. The molecule has 0 amide bonds. The minimum absolute atomic E-state index is 0.158. The Balaban J connectivity index is 2.11. The second-order valence-electron chi connectivity index (χ2n) is 5.27. The molecule has 0 fully saturated rings. The Hall–Kier alpha value is -1.83. The molecule has 106 valence electrons. The fraction of sp³-hybridized carbons (Fsp3) is 0.333. The van der Waals surface area contributed by atoms with Gasteiger partial charge in [-0.3, -0.25) is 0 Å². The molecule has 0 saturated carbocycles. The van der Waals surface area contributed by atoms with Crippen LogP contribution in [0.1, 0.15) is 43.0 Å². The third kappa shape index (κ3) is 3.38. The maximum absolute atomic E-state index is 13.5. The first-order valence-electron chi connectivity index (χ1n) is 7.22. The molecule has 0 radical (unpaired) electrons. The summed E-state index contributed by atoms with van der Waals surface area (Å²) in [6.07, 6.45) is 2.28. The number of rotatable bonds is 5. The van der Waals surface area contributed by atoms with Gasteiger partial charge in [-0.2, -0.15) is 0 Å². The smallest absolute Gasteiger partial charge is 0.128 e. The van der Waals surface area contributed by atoms with E-state index in [4.69, 9.17) is 0 Å². The molecule has 2 aromatic rings. The van der Waals surface area contributed by atoms with E-state index in [9.17, 15) is 4.39 Å². The van der Waals surface area contributed by atoms with Crippen molar-refractivity contribution in [3.05, 3.63) is 65.0 Å². The SMILES string of the molecule is CCCc1ccc(C(C)Nc2cccc(F)c2C)cc1. The van der Waals surface area contributed by atoms with Crippen molar-refractivity contribution in [2.75, 3.05) is 5.32 Å². The van der Waals surface area contributed by atoms with Crippen LogP contribution in [0.2, 0.25) is 0 Å². The lowest BCUT2D eigenvalue weighted by atomic mass is 10.0. The summed E-state index contributed by atoms with van der Waals surface area (Å²) >= 11 is 0. The maximum atomic E-state index is 13.5. The molecule has 0 aliphatic heterocycles. The highest BCUT2D eigenvalue weighted by atomic mass is 19.1. The topological polar surface area (TPSA) is 12.0 Å². The first-order chi connectivity index (χ1) is 9.61. The van der Waals surface area contributed by atoms with E-state index in [2.05, 4.69) is 43.4 Å². The van der Waals surface area contributed by atoms with Crippen LogP contribution in [0.4, 0.5) is 10.1 Å². The summed E-state index contributed by atoms with van der Waals surface area (Å²) in [5, 5.41) is 3.38. The normalized spacial score (nSPS) is 12.2. The Morgan fingerprint density at radius 2 is 1.80 bits per heavy atom. The molecule has 0 bridgehead atoms. The van der Waals surface area contributed by atoms with Crippen LogP contribution in [0, 0.1) is 12.7 Å². The summed E-state index contributed by atoms with van der Waals surface area (Å²) in [5.74, 6) is -0.166. The van der Waals surface area contributed by atoms with E-state index in [0.29, 0.717) is 5.56 Å². The predicted octanol–water partition coefficient (Wildman–Crippen LogP) is 5.26. The summed E-state index contributed by atoms with van der Waals surface area (Å²) in [4.78, 5) is 0. The molecule has 0 aromatic heterocycles. The van der Waals surface area contributed by atoms with Crippen molar-refractivity contribution >= 4 is 5.69 Å². The van der Waals surface area contributed by atoms with E-state index < -0.39 is 0 Å². The molecule has 1 unspecified atom stereocenters. The number of hydrogen-bond acceptors (Lipinski definition) is 1. The van der Waals surface area contributed by atoms with Crippen molar-refractivity contribution in [2.45, 2.75) is 39.7 Å². The molecule has 0 heterocycles. The van der Waals surface area contributed by atoms with E-state index in [1.807, 2.05) is 6.07 Å². The number of benzene rings is 2. The number of hydrogen-bond donors (Lipinski definition) is 1. The maximum Gasteiger partial charge on any atom is 0.128 e. The van der Waals surface area contributed by atoms with Crippen molar-refractivity contribution < 1.29 is 4.39 Å². The monoisotopic (exact) mass is 271 g/mol. The molecule has 1 nitrogen and oxygen atoms in total. The highest BCUT2D eigenvalue weighted by Gasteiger charge is 2.08. The molecule has 20 heavy (non-hydrogen) atoms. The van der Waals surface area contributed by atoms with Gasteiger partial charge in [0.15, 0.2) is 0 Å². The van der Waals surface area contributed by atoms with Crippen molar-refractivity contribution in [2.24, 2.45) is 0 Å². The van der Waals surface area contributed by atoms with Gasteiger partial charge in [0, 0.05) is 17.3 Å². The number of halogens is 1. The fourth-order valence-electron chi connectivity index (χ4n) is 2.34. The van der Waals surface area contributed by atoms with E-state index in [1.165, 1.54) is 17.2 Å². The Kier molecular flexibility index (Phi) is 4.78. The standard InChI is InChI=1S/C18H22FN/c1-4-6-15-9-11-16(12-10-15)14(3)20-18-8-5-7-17(19)13(18)2/h5,7-12,14,20H,4,6H2,1-3H3. The largest absolute Gasteiger partial charge is 0.378 e. The second-order valence-corrected chi connectivity index (χ2v) is 5.27. The highest BCUT2D eigenvalue weighted by molar-refractivity contribution is 5.52. The van der Waals surface area contributed by atoms with Gasteiger partial charge in [-0.15, -0.1) is 0 Å². The van der Waals surface area contributed by atoms with Gasteiger partial charge in [-0.1, -0.05) is 43.7 Å². The van der Waals surface area contributed by atoms with Crippen LogP contribution >= 0.6 is 0 Å². The van der Waals surface area contributed by atoms with Gasteiger partial charge in [0.1, 0.15) is 5.82 Å². The fourth-order valence-corrected chi connectivity index (χ4v) is 2.34. The molecule has 1 N–H and O–H groups in total. The average Bonchev–Trinajstić information content (AvgIpc) is 2.45. The van der Waals surface area contributed by atoms with Crippen molar-refractivity contribution in [1.29, 1.82) is 0 Å². The van der Waals surface area contributed by atoms with Gasteiger partial charge in [0.25, 0.3) is 0 Å². The van der Waals surface area contributed by atoms with Gasteiger partial charge >= 0.3 is 0 Å². The lowest BCUT2D eigenvalue weighted by molar-refractivity contribution is 0.618. The first-order valence-corrected chi connectivity index (χ1v) is 7.22. The molecular weight excluding hydrogens is 249 g/mol. The Bertz CT molecular complexity index is 560. The molecular formula is C18H22FN. The van der Waals surface area contributed by atoms with Gasteiger partial charge in [-0.05, 0) is 43.5 Å². The zero-order valence-corrected chi connectivity index (χ0v) is 12.4. The summed E-state index contributed by atoms with van der Waals surface area (Å²) in [6, 6.07) is 14.0. The number of nitrogens with one attached hydrogen (secondary N) is 1. The quantitative estimate of drug-likeness (QED) is 0.782. The molecule has 0 aliphatic rings. The van der Waals surface area contributed by atoms with Crippen LogP contribution in [-0.2, 0) is 6.42 Å². The lowest BCUT2D eigenvalue weighted by Crippen LogP contribution is -2.08. The van der Waals surface area contributed by atoms with E-state index >= 15 is 0 Å². The Labute approximate surface area is 120 Å². The molecule has 0 spiro atoms. The minimum Gasteiger partial charge on any atom is -0.378 e. The van der Waals surface area contributed by atoms with Gasteiger partial charge in [0.05, 0.1) is 0 Å². The second kappa shape index (κ2) is 6.56. The van der Waals surface area contributed by atoms with Crippen LogP contribution in [0.15, 0.2) is 42.5 Å².